The lowest BCUT2D eigenvalue weighted by Crippen LogP contribution is -2.25. The molecule has 0 atom stereocenters. The summed E-state index contributed by atoms with van der Waals surface area (Å²) < 4.78 is 4.48. The van der Waals surface area contributed by atoms with Crippen LogP contribution in [0.4, 0.5) is 0 Å². The number of ether oxygens (including phenoxy) is 1. The first-order valence-corrected chi connectivity index (χ1v) is 5.79. The third kappa shape index (κ3) is 4.79. The van der Waals surface area contributed by atoms with Crippen LogP contribution < -0.4 is 11.1 Å². The number of methoxy groups -OCH3 is 1. The van der Waals surface area contributed by atoms with Gasteiger partial charge in [0.05, 0.1) is 7.11 Å². The lowest BCUT2D eigenvalue weighted by molar-refractivity contribution is -0.140. The smallest absolute Gasteiger partial charge is 0.305 e. The summed E-state index contributed by atoms with van der Waals surface area (Å²) in [5.74, 6) is -1.21. The highest BCUT2D eigenvalue weighted by molar-refractivity contribution is 5.99. The van der Waals surface area contributed by atoms with E-state index in [2.05, 4.69) is 10.1 Å². The van der Waals surface area contributed by atoms with Crippen molar-refractivity contribution in [2.24, 2.45) is 5.73 Å². The highest BCUT2D eigenvalue weighted by Gasteiger charge is 2.08. The Hall–Kier alpha value is -2.37. The molecule has 0 bridgehead atoms. The van der Waals surface area contributed by atoms with Gasteiger partial charge in [0.15, 0.2) is 0 Å². The second-order valence-corrected chi connectivity index (χ2v) is 3.88. The molecule has 1 rings (SSSR count). The molecule has 0 aliphatic heterocycles. The summed E-state index contributed by atoms with van der Waals surface area (Å²) in [6.45, 7) is 0.356. The highest BCUT2D eigenvalue weighted by Crippen LogP contribution is 2.04. The number of rotatable bonds is 6. The fourth-order valence-electron chi connectivity index (χ4n) is 1.45. The minimum atomic E-state index is -0.583. The summed E-state index contributed by atoms with van der Waals surface area (Å²) in [5.41, 5.74) is 5.77. The molecule has 3 N–H and O–H groups in total. The van der Waals surface area contributed by atoms with Gasteiger partial charge < -0.3 is 15.8 Å². The number of esters is 1. The largest absolute Gasteiger partial charge is 0.469 e. The van der Waals surface area contributed by atoms with Crippen molar-refractivity contribution in [2.75, 3.05) is 13.7 Å². The molecule has 2 amide bonds. The van der Waals surface area contributed by atoms with E-state index in [0.717, 1.165) is 0 Å². The number of primary amides is 1. The van der Waals surface area contributed by atoms with E-state index >= 15 is 0 Å². The molecular formula is C13H16N2O4. The van der Waals surface area contributed by atoms with Gasteiger partial charge in [0.25, 0.3) is 5.91 Å². The van der Waals surface area contributed by atoms with Crippen LogP contribution >= 0.6 is 0 Å². The predicted octanol–water partition coefficient (Wildman–Crippen LogP) is 0.468. The topological polar surface area (TPSA) is 98.5 Å². The zero-order valence-corrected chi connectivity index (χ0v) is 10.6. The molecule has 0 aliphatic carbocycles. The van der Waals surface area contributed by atoms with Crippen LogP contribution in [-0.4, -0.2) is 31.4 Å². The number of benzene rings is 1. The fraction of sp³-hybridized carbons (Fsp3) is 0.308. The SMILES string of the molecule is COC(=O)CCCNC(=O)c1cccc(C(N)=O)c1. The lowest BCUT2D eigenvalue weighted by atomic mass is 10.1. The molecule has 102 valence electrons. The molecule has 0 unspecified atom stereocenters. The molecule has 0 saturated heterocycles. The molecule has 19 heavy (non-hydrogen) atoms. The van der Waals surface area contributed by atoms with Crippen molar-refractivity contribution in [1.29, 1.82) is 0 Å². The molecule has 0 aromatic heterocycles. The first-order chi connectivity index (χ1) is 9.04. The van der Waals surface area contributed by atoms with Crippen molar-refractivity contribution in [3.63, 3.8) is 0 Å². The zero-order chi connectivity index (χ0) is 14.3. The molecule has 0 saturated carbocycles. The van der Waals surface area contributed by atoms with E-state index in [0.29, 0.717) is 18.5 Å². The number of hydrogen-bond donors (Lipinski definition) is 2. The van der Waals surface area contributed by atoms with Crippen LogP contribution in [0.15, 0.2) is 24.3 Å². The first-order valence-electron chi connectivity index (χ1n) is 5.79. The van der Waals surface area contributed by atoms with Crippen molar-refractivity contribution in [3.8, 4) is 0 Å². The zero-order valence-electron chi connectivity index (χ0n) is 10.6. The monoisotopic (exact) mass is 264 g/mol. The van der Waals surface area contributed by atoms with Crippen LogP contribution in [0.5, 0.6) is 0 Å². The molecular weight excluding hydrogens is 248 g/mol. The molecule has 0 radical (unpaired) electrons. The molecule has 6 heteroatoms. The maximum atomic E-state index is 11.8. The Balaban J connectivity index is 2.47. The van der Waals surface area contributed by atoms with Gasteiger partial charge in [-0.2, -0.15) is 0 Å². The number of hydrogen-bond acceptors (Lipinski definition) is 4. The Morgan fingerprint density at radius 2 is 1.95 bits per heavy atom. The van der Waals surface area contributed by atoms with E-state index in [1.165, 1.54) is 19.2 Å². The number of nitrogens with two attached hydrogens (primary N) is 1. The summed E-state index contributed by atoms with van der Waals surface area (Å²) in [7, 11) is 1.32. The number of amides is 2. The van der Waals surface area contributed by atoms with E-state index in [9.17, 15) is 14.4 Å². The summed E-state index contributed by atoms with van der Waals surface area (Å²) in [6, 6.07) is 6.14. The normalized spacial score (nSPS) is 9.74. The van der Waals surface area contributed by atoms with E-state index in [1.54, 1.807) is 12.1 Å². The Morgan fingerprint density at radius 3 is 2.58 bits per heavy atom. The van der Waals surface area contributed by atoms with Crippen molar-refractivity contribution in [3.05, 3.63) is 35.4 Å². The average molecular weight is 264 g/mol. The van der Waals surface area contributed by atoms with E-state index < -0.39 is 5.91 Å². The third-order valence-electron chi connectivity index (χ3n) is 2.48. The predicted molar refractivity (Wildman–Crippen MR) is 68.5 cm³/mol. The van der Waals surface area contributed by atoms with Crippen LogP contribution in [-0.2, 0) is 9.53 Å². The molecule has 0 fully saturated rings. The van der Waals surface area contributed by atoms with Crippen molar-refractivity contribution < 1.29 is 19.1 Å². The van der Waals surface area contributed by atoms with Gasteiger partial charge >= 0.3 is 5.97 Å². The van der Waals surface area contributed by atoms with E-state index in [1.807, 2.05) is 0 Å². The quantitative estimate of drug-likeness (QED) is 0.576. The maximum absolute atomic E-state index is 11.8. The van der Waals surface area contributed by atoms with E-state index in [4.69, 9.17) is 5.73 Å². The van der Waals surface area contributed by atoms with Gasteiger partial charge in [-0.1, -0.05) is 6.07 Å². The lowest BCUT2D eigenvalue weighted by Gasteiger charge is -2.05. The third-order valence-corrected chi connectivity index (χ3v) is 2.48. The fourth-order valence-corrected chi connectivity index (χ4v) is 1.45. The van der Waals surface area contributed by atoms with Crippen LogP contribution in [0, 0.1) is 0 Å². The molecule has 1 aromatic carbocycles. The number of carbonyl (C=O) groups is 3. The molecule has 0 heterocycles. The minimum absolute atomic E-state index is 0.248. The van der Waals surface area contributed by atoms with Gasteiger partial charge in [-0.05, 0) is 24.6 Å². The van der Waals surface area contributed by atoms with Crippen molar-refractivity contribution >= 4 is 17.8 Å². The van der Waals surface area contributed by atoms with E-state index in [-0.39, 0.29) is 23.9 Å². The summed E-state index contributed by atoms with van der Waals surface area (Å²) in [4.78, 5) is 33.6. The van der Waals surface area contributed by atoms with Crippen LogP contribution in [0.3, 0.4) is 0 Å². The molecule has 6 nitrogen and oxygen atoms in total. The van der Waals surface area contributed by atoms with Gasteiger partial charge in [-0.15, -0.1) is 0 Å². The molecule has 1 aromatic rings. The van der Waals surface area contributed by atoms with Crippen molar-refractivity contribution in [1.82, 2.24) is 5.32 Å². The van der Waals surface area contributed by atoms with Gasteiger partial charge in [-0.25, -0.2) is 0 Å². The Bertz CT molecular complexity index is 485. The Kier molecular flexibility index (Phi) is 5.53. The van der Waals surface area contributed by atoms with Gasteiger partial charge in [0.2, 0.25) is 5.91 Å². The number of nitrogens with one attached hydrogen (secondary N) is 1. The minimum Gasteiger partial charge on any atom is -0.469 e. The maximum Gasteiger partial charge on any atom is 0.305 e. The average Bonchev–Trinajstić information content (AvgIpc) is 2.43. The Labute approximate surface area is 110 Å². The van der Waals surface area contributed by atoms with Gasteiger partial charge in [-0.3, -0.25) is 14.4 Å². The highest BCUT2D eigenvalue weighted by atomic mass is 16.5. The van der Waals surface area contributed by atoms with Crippen LogP contribution in [0.1, 0.15) is 33.6 Å². The van der Waals surface area contributed by atoms with Crippen LogP contribution in [0.2, 0.25) is 0 Å². The standard InChI is InChI=1S/C13H16N2O4/c1-19-11(16)6-3-7-15-13(18)10-5-2-4-9(8-10)12(14)17/h2,4-5,8H,3,6-7H2,1H3,(H2,14,17)(H,15,18). The summed E-state index contributed by atoms with van der Waals surface area (Å²) in [5, 5.41) is 2.65. The molecule has 0 aliphatic rings. The second kappa shape index (κ2) is 7.15. The number of carbonyl (C=O) groups excluding carboxylic acids is 3. The molecule has 0 spiro atoms. The summed E-state index contributed by atoms with van der Waals surface area (Å²) >= 11 is 0. The van der Waals surface area contributed by atoms with Gasteiger partial charge in [0, 0.05) is 24.1 Å². The summed E-state index contributed by atoms with van der Waals surface area (Å²) in [6.07, 6.45) is 0.742. The first kappa shape index (κ1) is 14.7. The van der Waals surface area contributed by atoms with Crippen molar-refractivity contribution in [2.45, 2.75) is 12.8 Å². The second-order valence-electron chi connectivity index (χ2n) is 3.88. The van der Waals surface area contributed by atoms with Crippen LogP contribution in [0.25, 0.3) is 0 Å². The van der Waals surface area contributed by atoms with Gasteiger partial charge in [0.1, 0.15) is 0 Å². The Morgan fingerprint density at radius 1 is 1.26 bits per heavy atom.